The molecule has 2 fully saturated rings. The van der Waals surface area contributed by atoms with E-state index in [9.17, 15) is 5.11 Å². The van der Waals surface area contributed by atoms with Crippen molar-refractivity contribution in [2.45, 2.75) is 70.3 Å². The maximum Gasteiger partial charge on any atom is 0.0825 e. The van der Waals surface area contributed by atoms with Gasteiger partial charge in [-0.1, -0.05) is 37.6 Å². The van der Waals surface area contributed by atoms with Gasteiger partial charge in [0.05, 0.1) is 12.7 Å². The van der Waals surface area contributed by atoms with Gasteiger partial charge in [0.2, 0.25) is 0 Å². The summed E-state index contributed by atoms with van der Waals surface area (Å²) in [6.07, 6.45) is 10.2. The topological polar surface area (TPSA) is 29.5 Å². The predicted octanol–water partition coefficient (Wildman–Crippen LogP) is 5.22. The summed E-state index contributed by atoms with van der Waals surface area (Å²) in [6, 6.07) is 9.22. The molecule has 1 N–H and O–H groups in total. The van der Waals surface area contributed by atoms with Crippen molar-refractivity contribution in [3.8, 4) is 0 Å². The smallest absolute Gasteiger partial charge is 0.0825 e. The van der Waals surface area contributed by atoms with Gasteiger partial charge in [0.15, 0.2) is 0 Å². The van der Waals surface area contributed by atoms with E-state index in [1.54, 1.807) is 0 Å². The zero-order valence-corrected chi connectivity index (χ0v) is 14.5. The Labute approximate surface area is 141 Å². The molecule has 1 aliphatic heterocycles. The zero-order valence-electron chi connectivity index (χ0n) is 14.5. The SMILES string of the molecule is CCCC1CCC(c2ccc(C3CCC(CO)CC3)cc2)OC1. The Morgan fingerprint density at radius 3 is 2.13 bits per heavy atom. The molecule has 1 saturated carbocycles. The highest BCUT2D eigenvalue weighted by molar-refractivity contribution is 5.27. The summed E-state index contributed by atoms with van der Waals surface area (Å²) >= 11 is 0. The number of hydrogen-bond acceptors (Lipinski definition) is 2. The van der Waals surface area contributed by atoms with Gasteiger partial charge in [-0.3, -0.25) is 0 Å². The lowest BCUT2D eigenvalue weighted by Gasteiger charge is -2.30. The van der Waals surface area contributed by atoms with E-state index < -0.39 is 0 Å². The summed E-state index contributed by atoms with van der Waals surface area (Å²) in [5.74, 6) is 2.00. The van der Waals surface area contributed by atoms with Crippen LogP contribution >= 0.6 is 0 Å². The summed E-state index contributed by atoms with van der Waals surface area (Å²) in [6.45, 7) is 3.56. The molecule has 1 aromatic rings. The highest BCUT2D eigenvalue weighted by Gasteiger charge is 2.24. The fourth-order valence-electron chi connectivity index (χ4n) is 4.37. The van der Waals surface area contributed by atoms with E-state index in [0.717, 1.165) is 12.5 Å². The molecule has 0 bridgehead atoms. The first-order valence-electron chi connectivity index (χ1n) is 9.62. The van der Waals surface area contributed by atoms with Crippen LogP contribution in [-0.4, -0.2) is 18.3 Å². The van der Waals surface area contributed by atoms with E-state index in [1.807, 2.05) is 0 Å². The van der Waals surface area contributed by atoms with E-state index in [2.05, 4.69) is 31.2 Å². The average Bonchev–Trinajstić information content (AvgIpc) is 2.63. The van der Waals surface area contributed by atoms with E-state index in [-0.39, 0.29) is 0 Å². The maximum atomic E-state index is 9.27. The molecule has 2 atom stereocenters. The highest BCUT2D eigenvalue weighted by Crippen LogP contribution is 2.37. The van der Waals surface area contributed by atoms with Gasteiger partial charge in [-0.25, -0.2) is 0 Å². The number of hydrogen-bond donors (Lipinski definition) is 1. The second kappa shape index (κ2) is 8.30. The Balaban J connectivity index is 1.53. The molecule has 1 heterocycles. The first kappa shape index (κ1) is 17.0. The first-order chi connectivity index (χ1) is 11.3. The molecule has 0 aromatic heterocycles. The lowest BCUT2D eigenvalue weighted by Crippen LogP contribution is -2.20. The van der Waals surface area contributed by atoms with Crippen molar-refractivity contribution < 1.29 is 9.84 Å². The van der Waals surface area contributed by atoms with Crippen LogP contribution in [0.25, 0.3) is 0 Å². The van der Waals surface area contributed by atoms with Crippen LogP contribution in [0.1, 0.15) is 81.4 Å². The minimum atomic E-state index is 0.308. The van der Waals surface area contributed by atoms with Crippen molar-refractivity contribution in [3.63, 3.8) is 0 Å². The van der Waals surface area contributed by atoms with Gasteiger partial charge in [-0.15, -0.1) is 0 Å². The van der Waals surface area contributed by atoms with Crippen molar-refractivity contribution in [1.82, 2.24) is 0 Å². The molecule has 1 aromatic carbocycles. The van der Waals surface area contributed by atoms with Crippen molar-refractivity contribution in [1.29, 1.82) is 0 Å². The minimum absolute atomic E-state index is 0.308. The van der Waals surface area contributed by atoms with Crippen LogP contribution < -0.4 is 0 Å². The molecule has 128 valence electrons. The number of benzene rings is 1. The highest BCUT2D eigenvalue weighted by atomic mass is 16.5. The van der Waals surface area contributed by atoms with Gasteiger partial charge >= 0.3 is 0 Å². The third-order valence-corrected chi connectivity index (χ3v) is 5.95. The van der Waals surface area contributed by atoms with E-state index in [0.29, 0.717) is 24.5 Å². The molecule has 23 heavy (non-hydrogen) atoms. The number of aliphatic hydroxyl groups excluding tert-OH is 1. The zero-order chi connectivity index (χ0) is 16.1. The molecule has 3 rings (SSSR count). The molecule has 2 unspecified atom stereocenters. The molecular weight excluding hydrogens is 284 g/mol. The molecule has 1 aliphatic carbocycles. The summed E-state index contributed by atoms with van der Waals surface area (Å²) in [5, 5.41) is 9.27. The summed E-state index contributed by atoms with van der Waals surface area (Å²) in [5.41, 5.74) is 2.83. The Morgan fingerprint density at radius 1 is 0.913 bits per heavy atom. The summed E-state index contributed by atoms with van der Waals surface area (Å²) in [4.78, 5) is 0. The van der Waals surface area contributed by atoms with Gasteiger partial charge in [-0.2, -0.15) is 0 Å². The Hall–Kier alpha value is -0.860. The Kier molecular flexibility index (Phi) is 6.13. The second-order valence-electron chi connectivity index (χ2n) is 7.62. The fraction of sp³-hybridized carbons (Fsp3) is 0.714. The predicted molar refractivity (Wildman–Crippen MR) is 94.6 cm³/mol. The molecule has 2 nitrogen and oxygen atoms in total. The molecule has 2 aliphatic rings. The van der Waals surface area contributed by atoms with Crippen molar-refractivity contribution >= 4 is 0 Å². The normalized spacial score (nSPS) is 31.9. The van der Waals surface area contributed by atoms with E-state index >= 15 is 0 Å². The molecule has 2 heteroatoms. The summed E-state index contributed by atoms with van der Waals surface area (Å²) in [7, 11) is 0. The maximum absolute atomic E-state index is 9.27. The Bertz CT molecular complexity index is 451. The van der Waals surface area contributed by atoms with Crippen LogP contribution in [0, 0.1) is 11.8 Å². The standard InChI is InChI=1S/C21H32O2/c1-2-3-17-6-13-21(23-15-17)20-11-9-19(10-12-20)18-7-4-16(14-22)5-8-18/h9-12,16-18,21-22H,2-8,13-15H2,1H3. The third-order valence-electron chi connectivity index (χ3n) is 5.95. The largest absolute Gasteiger partial charge is 0.396 e. The quantitative estimate of drug-likeness (QED) is 0.807. The van der Waals surface area contributed by atoms with Gasteiger partial charge < -0.3 is 9.84 Å². The molecule has 0 spiro atoms. The van der Waals surface area contributed by atoms with Gasteiger partial charge in [0, 0.05) is 6.61 Å². The van der Waals surface area contributed by atoms with E-state index in [4.69, 9.17) is 4.74 Å². The van der Waals surface area contributed by atoms with Gasteiger partial charge in [-0.05, 0) is 73.8 Å². The van der Waals surface area contributed by atoms with Crippen LogP contribution in [0.4, 0.5) is 0 Å². The molecule has 0 radical (unpaired) electrons. The van der Waals surface area contributed by atoms with Crippen molar-refractivity contribution in [3.05, 3.63) is 35.4 Å². The lowest BCUT2D eigenvalue weighted by atomic mass is 9.79. The van der Waals surface area contributed by atoms with Crippen LogP contribution in [0.3, 0.4) is 0 Å². The van der Waals surface area contributed by atoms with Crippen molar-refractivity contribution in [2.24, 2.45) is 11.8 Å². The van der Waals surface area contributed by atoms with Gasteiger partial charge in [0.1, 0.15) is 0 Å². The van der Waals surface area contributed by atoms with Crippen LogP contribution in [-0.2, 0) is 4.74 Å². The van der Waals surface area contributed by atoms with Crippen LogP contribution in [0.5, 0.6) is 0 Å². The lowest BCUT2D eigenvalue weighted by molar-refractivity contribution is -0.0194. The number of rotatable bonds is 5. The van der Waals surface area contributed by atoms with Crippen LogP contribution in [0.15, 0.2) is 24.3 Å². The first-order valence-corrected chi connectivity index (χ1v) is 9.62. The minimum Gasteiger partial charge on any atom is -0.396 e. The van der Waals surface area contributed by atoms with E-state index in [1.165, 1.54) is 62.5 Å². The fourth-order valence-corrected chi connectivity index (χ4v) is 4.37. The average molecular weight is 316 g/mol. The molecule has 1 saturated heterocycles. The molecule has 0 amide bonds. The number of aliphatic hydroxyl groups is 1. The second-order valence-corrected chi connectivity index (χ2v) is 7.62. The van der Waals surface area contributed by atoms with Crippen molar-refractivity contribution in [2.75, 3.05) is 13.2 Å². The Morgan fingerprint density at radius 2 is 1.57 bits per heavy atom. The van der Waals surface area contributed by atoms with Crippen LogP contribution in [0.2, 0.25) is 0 Å². The molecular formula is C21H32O2. The van der Waals surface area contributed by atoms with Gasteiger partial charge in [0.25, 0.3) is 0 Å². The summed E-state index contributed by atoms with van der Waals surface area (Å²) < 4.78 is 6.12. The third kappa shape index (κ3) is 4.36. The number of ether oxygens (including phenoxy) is 1. The monoisotopic (exact) mass is 316 g/mol.